The number of nitrogens with one attached hydrogen (secondary N) is 1. The molecule has 1 fully saturated rings. The molecule has 0 spiro atoms. The van der Waals surface area contributed by atoms with Gasteiger partial charge in [0, 0.05) is 25.9 Å². The van der Waals surface area contributed by atoms with Gasteiger partial charge in [0.1, 0.15) is 0 Å². The van der Waals surface area contributed by atoms with Crippen LogP contribution in [0.2, 0.25) is 0 Å². The van der Waals surface area contributed by atoms with E-state index in [0.29, 0.717) is 0 Å². The molecular formula is C11H20N4O. The minimum Gasteiger partial charge on any atom is -0.339 e. The minimum atomic E-state index is 0.776. The summed E-state index contributed by atoms with van der Waals surface area (Å²) in [6.45, 7) is 4.39. The van der Waals surface area contributed by atoms with Crippen molar-refractivity contribution >= 4 is 0 Å². The fourth-order valence-corrected chi connectivity index (χ4v) is 1.99. The van der Waals surface area contributed by atoms with Crippen LogP contribution >= 0.6 is 0 Å². The van der Waals surface area contributed by atoms with E-state index in [2.05, 4.69) is 20.4 Å². The fraction of sp³-hybridized carbons (Fsp3) is 0.818. The predicted molar refractivity (Wildman–Crippen MR) is 61.3 cm³/mol. The van der Waals surface area contributed by atoms with Crippen molar-refractivity contribution in [3.63, 3.8) is 0 Å². The van der Waals surface area contributed by atoms with Gasteiger partial charge in [0.2, 0.25) is 5.89 Å². The molecule has 1 aliphatic rings. The number of nitrogens with zero attached hydrogens (tertiary/aromatic N) is 3. The highest BCUT2D eigenvalue weighted by Crippen LogP contribution is 2.08. The fourth-order valence-electron chi connectivity index (χ4n) is 1.99. The maximum atomic E-state index is 5.21. The highest BCUT2D eigenvalue weighted by Gasteiger charge is 2.13. The Morgan fingerprint density at radius 3 is 2.88 bits per heavy atom. The Morgan fingerprint density at radius 1 is 1.31 bits per heavy atom. The molecule has 0 amide bonds. The molecule has 0 atom stereocenters. The van der Waals surface area contributed by atoms with E-state index in [0.717, 1.165) is 37.6 Å². The van der Waals surface area contributed by atoms with Crippen molar-refractivity contribution in [3.05, 3.63) is 11.7 Å². The highest BCUT2D eigenvalue weighted by atomic mass is 16.5. The summed E-state index contributed by atoms with van der Waals surface area (Å²) in [5, 5.41) is 7.03. The van der Waals surface area contributed by atoms with E-state index in [4.69, 9.17) is 4.52 Å². The van der Waals surface area contributed by atoms with Crippen molar-refractivity contribution in [1.29, 1.82) is 0 Å². The third-order valence-corrected chi connectivity index (χ3v) is 2.95. The van der Waals surface area contributed by atoms with E-state index >= 15 is 0 Å². The van der Waals surface area contributed by atoms with E-state index in [1.54, 1.807) is 0 Å². The minimum absolute atomic E-state index is 0.776. The van der Waals surface area contributed by atoms with Gasteiger partial charge in [-0.05, 0) is 33.0 Å². The topological polar surface area (TPSA) is 54.2 Å². The van der Waals surface area contributed by atoms with Crippen LogP contribution in [0.15, 0.2) is 4.52 Å². The van der Waals surface area contributed by atoms with Crippen LogP contribution in [0.3, 0.4) is 0 Å². The molecule has 16 heavy (non-hydrogen) atoms. The van der Waals surface area contributed by atoms with Gasteiger partial charge in [0.05, 0.1) is 0 Å². The zero-order valence-corrected chi connectivity index (χ0v) is 9.91. The lowest BCUT2D eigenvalue weighted by molar-refractivity contribution is 0.310. The van der Waals surface area contributed by atoms with Crippen molar-refractivity contribution in [2.24, 2.45) is 0 Å². The summed E-state index contributed by atoms with van der Waals surface area (Å²) in [7, 11) is 1.92. The highest BCUT2D eigenvalue weighted by molar-refractivity contribution is 4.88. The van der Waals surface area contributed by atoms with Gasteiger partial charge in [-0.1, -0.05) is 5.16 Å². The zero-order chi connectivity index (χ0) is 11.2. The lowest BCUT2D eigenvalue weighted by Gasteiger charge is -2.11. The SMILES string of the molecule is CNCCc1noc(CCN2CCCC2)n1. The third-order valence-electron chi connectivity index (χ3n) is 2.95. The normalized spacial score (nSPS) is 17.1. The summed E-state index contributed by atoms with van der Waals surface area (Å²) in [5.74, 6) is 1.59. The van der Waals surface area contributed by atoms with Crippen LogP contribution in [0, 0.1) is 0 Å². The van der Waals surface area contributed by atoms with Crippen molar-refractivity contribution in [1.82, 2.24) is 20.4 Å². The molecule has 5 nitrogen and oxygen atoms in total. The van der Waals surface area contributed by atoms with E-state index in [9.17, 15) is 0 Å². The number of hydrogen-bond donors (Lipinski definition) is 1. The molecule has 2 rings (SSSR count). The number of likely N-dealkylation sites (N-methyl/N-ethyl adjacent to an activating group) is 1. The third kappa shape index (κ3) is 3.28. The Kier molecular flexibility index (Phi) is 4.30. The summed E-state index contributed by atoms with van der Waals surface area (Å²) in [4.78, 5) is 6.82. The van der Waals surface area contributed by atoms with Gasteiger partial charge in [0.15, 0.2) is 5.82 Å². The average Bonchev–Trinajstić information content (AvgIpc) is 2.95. The standard InChI is InChI=1S/C11H20N4O/c1-12-6-4-10-13-11(16-14-10)5-9-15-7-2-3-8-15/h12H,2-9H2,1H3. The van der Waals surface area contributed by atoms with E-state index in [1.807, 2.05) is 7.05 Å². The molecule has 1 aromatic rings. The molecule has 0 bridgehead atoms. The van der Waals surface area contributed by atoms with Crippen LogP contribution in [0.5, 0.6) is 0 Å². The molecule has 0 unspecified atom stereocenters. The maximum absolute atomic E-state index is 5.21. The van der Waals surface area contributed by atoms with Crippen molar-refractivity contribution in [2.45, 2.75) is 25.7 Å². The first-order valence-corrected chi connectivity index (χ1v) is 6.07. The van der Waals surface area contributed by atoms with E-state index in [1.165, 1.54) is 25.9 Å². The lowest BCUT2D eigenvalue weighted by Crippen LogP contribution is -2.22. The van der Waals surface area contributed by atoms with Gasteiger partial charge in [-0.15, -0.1) is 0 Å². The number of likely N-dealkylation sites (tertiary alicyclic amines) is 1. The largest absolute Gasteiger partial charge is 0.339 e. The second kappa shape index (κ2) is 5.96. The number of rotatable bonds is 6. The van der Waals surface area contributed by atoms with Crippen LogP contribution in [0.1, 0.15) is 24.6 Å². The smallest absolute Gasteiger partial charge is 0.227 e. The second-order valence-electron chi connectivity index (χ2n) is 4.26. The second-order valence-corrected chi connectivity index (χ2v) is 4.26. The molecule has 1 N–H and O–H groups in total. The molecular weight excluding hydrogens is 204 g/mol. The first-order chi connectivity index (χ1) is 7.88. The molecule has 2 heterocycles. The van der Waals surface area contributed by atoms with Gasteiger partial charge in [-0.3, -0.25) is 0 Å². The van der Waals surface area contributed by atoms with Gasteiger partial charge in [0.25, 0.3) is 0 Å². The van der Waals surface area contributed by atoms with Gasteiger partial charge < -0.3 is 14.7 Å². The van der Waals surface area contributed by atoms with Crippen LogP contribution in [-0.2, 0) is 12.8 Å². The molecule has 0 aliphatic carbocycles. The molecule has 0 radical (unpaired) electrons. The molecule has 1 aliphatic heterocycles. The van der Waals surface area contributed by atoms with E-state index in [-0.39, 0.29) is 0 Å². The Balaban J connectivity index is 1.73. The van der Waals surface area contributed by atoms with Crippen LogP contribution < -0.4 is 5.32 Å². The van der Waals surface area contributed by atoms with Crippen LogP contribution in [-0.4, -0.2) is 48.3 Å². The van der Waals surface area contributed by atoms with Gasteiger partial charge in [-0.25, -0.2) is 0 Å². The summed E-state index contributed by atoms with van der Waals surface area (Å²) >= 11 is 0. The lowest BCUT2D eigenvalue weighted by atomic mass is 10.4. The number of hydrogen-bond acceptors (Lipinski definition) is 5. The van der Waals surface area contributed by atoms with E-state index < -0.39 is 0 Å². The van der Waals surface area contributed by atoms with Crippen molar-refractivity contribution in [3.8, 4) is 0 Å². The summed E-state index contributed by atoms with van der Waals surface area (Å²) in [5.41, 5.74) is 0. The molecule has 90 valence electrons. The molecule has 0 saturated carbocycles. The van der Waals surface area contributed by atoms with Gasteiger partial charge in [-0.2, -0.15) is 4.98 Å². The molecule has 5 heteroatoms. The first kappa shape index (κ1) is 11.5. The maximum Gasteiger partial charge on any atom is 0.227 e. The van der Waals surface area contributed by atoms with Gasteiger partial charge >= 0.3 is 0 Å². The Hall–Kier alpha value is -0.940. The summed E-state index contributed by atoms with van der Waals surface area (Å²) < 4.78 is 5.21. The van der Waals surface area contributed by atoms with Crippen LogP contribution in [0.4, 0.5) is 0 Å². The number of aromatic nitrogens is 2. The Labute approximate surface area is 96.2 Å². The summed E-state index contributed by atoms with van der Waals surface area (Å²) in [6.07, 6.45) is 4.38. The molecule has 0 aromatic carbocycles. The Bertz CT molecular complexity index is 307. The van der Waals surface area contributed by atoms with Crippen LogP contribution in [0.25, 0.3) is 0 Å². The monoisotopic (exact) mass is 224 g/mol. The van der Waals surface area contributed by atoms with Crippen molar-refractivity contribution < 1.29 is 4.52 Å². The molecule has 1 aromatic heterocycles. The predicted octanol–water partition coefficient (Wildman–Crippen LogP) is 0.470. The zero-order valence-electron chi connectivity index (χ0n) is 9.91. The average molecular weight is 224 g/mol. The quantitative estimate of drug-likeness (QED) is 0.761. The molecule has 1 saturated heterocycles. The van der Waals surface area contributed by atoms with Crippen molar-refractivity contribution in [2.75, 3.05) is 33.2 Å². The summed E-state index contributed by atoms with van der Waals surface area (Å²) in [6, 6.07) is 0. The first-order valence-electron chi connectivity index (χ1n) is 6.07. The Morgan fingerprint density at radius 2 is 2.12 bits per heavy atom.